The summed E-state index contributed by atoms with van der Waals surface area (Å²) >= 11 is 5.22. The SMILES string of the molecule is O=C1NC(=S)NC(C2CCC(c3ccccc3)CC2)C1Cc1cccc(C(F)(F)F)c1. The van der Waals surface area contributed by atoms with Crippen LogP contribution in [0.25, 0.3) is 0 Å². The van der Waals surface area contributed by atoms with Crippen molar-refractivity contribution in [2.75, 3.05) is 0 Å². The summed E-state index contributed by atoms with van der Waals surface area (Å²) in [6, 6.07) is 15.5. The number of rotatable bonds is 4. The van der Waals surface area contributed by atoms with Crippen molar-refractivity contribution < 1.29 is 18.0 Å². The monoisotopic (exact) mass is 446 g/mol. The van der Waals surface area contributed by atoms with Gasteiger partial charge in [0, 0.05) is 6.04 Å². The van der Waals surface area contributed by atoms with Crippen LogP contribution in [0.2, 0.25) is 0 Å². The molecule has 0 aromatic heterocycles. The van der Waals surface area contributed by atoms with Gasteiger partial charge in [0.25, 0.3) is 0 Å². The number of nitrogens with one attached hydrogen (secondary N) is 2. The second-order valence-electron chi connectivity index (χ2n) is 8.52. The maximum absolute atomic E-state index is 13.1. The van der Waals surface area contributed by atoms with Crippen LogP contribution >= 0.6 is 12.2 Å². The molecule has 1 aliphatic heterocycles. The van der Waals surface area contributed by atoms with Crippen molar-refractivity contribution in [1.82, 2.24) is 10.6 Å². The zero-order chi connectivity index (χ0) is 22.0. The van der Waals surface area contributed by atoms with E-state index < -0.39 is 17.7 Å². The molecule has 0 radical (unpaired) electrons. The third-order valence-corrected chi connectivity index (χ3v) is 6.79. The molecule has 0 bridgehead atoms. The first kappa shape index (κ1) is 21.8. The van der Waals surface area contributed by atoms with E-state index in [1.807, 2.05) is 6.07 Å². The zero-order valence-corrected chi connectivity index (χ0v) is 17.8. The first-order valence-corrected chi connectivity index (χ1v) is 11.0. The van der Waals surface area contributed by atoms with Crippen LogP contribution in [0.15, 0.2) is 54.6 Å². The van der Waals surface area contributed by atoms with Crippen molar-refractivity contribution in [1.29, 1.82) is 0 Å². The molecule has 4 rings (SSSR count). The normalized spacial score (nSPS) is 26.8. The van der Waals surface area contributed by atoms with Crippen molar-refractivity contribution in [2.45, 2.75) is 50.2 Å². The molecular formula is C24H25F3N2OS. The number of carbonyl (C=O) groups is 1. The van der Waals surface area contributed by atoms with Crippen LogP contribution in [0, 0.1) is 11.8 Å². The number of halogens is 3. The number of hydrogen-bond acceptors (Lipinski definition) is 2. The minimum absolute atomic E-state index is 0.174. The highest BCUT2D eigenvalue weighted by Crippen LogP contribution is 2.39. The Morgan fingerprint density at radius 1 is 0.968 bits per heavy atom. The van der Waals surface area contributed by atoms with E-state index in [1.54, 1.807) is 6.07 Å². The molecule has 31 heavy (non-hydrogen) atoms. The molecule has 164 valence electrons. The number of amides is 1. The molecule has 2 fully saturated rings. The molecule has 2 aromatic rings. The molecule has 1 aliphatic carbocycles. The standard InChI is InChI=1S/C24H25F3N2OS/c25-24(26,27)19-8-4-5-15(13-19)14-20-21(28-23(31)29-22(20)30)18-11-9-17(10-12-18)16-6-2-1-3-7-16/h1-8,13,17-18,20-21H,9-12,14H2,(H2,28,29,30,31). The molecule has 3 nitrogen and oxygen atoms in total. The van der Waals surface area contributed by atoms with E-state index in [9.17, 15) is 18.0 Å². The third-order valence-electron chi connectivity index (χ3n) is 6.57. The predicted octanol–water partition coefficient (Wildman–Crippen LogP) is 5.21. The van der Waals surface area contributed by atoms with Crippen LogP contribution in [-0.2, 0) is 17.4 Å². The first-order valence-electron chi connectivity index (χ1n) is 10.6. The highest BCUT2D eigenvalue weighted by molar-refractivity contribution is 7.80. The smallest absolute Gasteiger partial charge is 0.359 e. The second-order valence-corrected chi connectivity index (χ2v) is 8.93. The van der Waals surface area contributed by atoms with E-state index in [0.29, 0.717) is 16.6 Å². The van der Waals surface area contributed by atoms with Gasteiger partial charge in [0.15, 0.2) is 5.11 Å². The third kappa shape index (κ3) is 5.09. The fourth-order valence-electron chi connectivity index (χ4n) is 4.99. The quantitative estimate of drug-likeness (QED) is 0.634. The summed E-state index contributed by atoms with van der Waals surface area (Å²) in [5.41, 5.74) is 1.16. The highest BCUT2D eigenvalue weighted by Gasteiger charge is 2.40. The number of carbonyl (C=O) groups excluding carboxylic acids is 1. The Hall–Kier alpha value is -2.41. The van der Waals surface area contributed by atoms with Crippen molar-refractivity contribution in [3.8, 4) is 0 Å². The van der Waals surface area contributed by atoms with Gasteiger partial charge in [-0.05, 0) is 73.4 Å². The van der Waals surface area contributed by atoms with Crippen molar-refractivity contribution in [2.24, 2.45) is 11.8 Å². The van der Waals surface area contributed by atoms with E-state index in [2.05, 4.69) is 34.9 Å². The van der Waals surface area contributed by atoms with E-state index in [0.717, 1.165) is 37.8 Å². The highest BCUT2D eigenvalue weighted by atomic mass is 32.1. The fraction of sp³-hybridized carbons (Fsp3) is 0.417. The van der Waals surface area contributed by atoms with Gasteiger partial charge in [-0.3, -0.25) is 4.79 Å². The Kier molecular flexibility index (Phi) is 6.32. The molecule has 0 spiro atoms. The zero-order valence-electron chi connectivity index (χ0n) is 17.0. The van der Waals surface area contributed by atoms with Crippen molar-refractivity contribution in [3.05, 3.63) is 71.3 Å². The average molecular weight is 447 g/mol. The molecule has 2 aliphatic rings. The van der Waals surface area contributed by atoms with Gasteiger partial charge in [0.1, 0.15) is 0 Å². The lowest BCUT2D eigenvalue weighted by atomic mass is 9.71. The molecule has 1 heterocycles. The summed E-state index contributed by atoms with van der Waals surface area (Å²) < 4.78 is 39.3. The van der Waals surface area contributed by atoms with Gasteiger partial charge in [-0.15, -0.1) is 0 Å². The Bertz CT molecular complexity index is 939. The molecule has 1 amide bonds. The van der Waals surface area contributed by atoms with Crippen LogP contribution < -0.4 is 10.6 Å². The number of benzene rings is 2. The van der Waals surface area contributed by atoms with E-state index in [-0.39, 0.29) is 24.3 Å². The van der Waals surface area contributed by atoms with Gasteiger partial charge in [-0.2, -0.15) is 13.2 Å². The van der Waals surface area contributed by atoms with Gasteiger partial charge in [0.2, 0.25) is 5.91 Å². The van der Waals surface area contributed by atoms with E-state index in [4.69, 9.17) is 12.2 Å². The first-order chi connectivity index (χ1) is 14.8. The largest absolute Gasteiger partial charge is 0.416 e. The van der Waals surface area contributed by atoms with Crippen molar-refractivity contribution in [3.63, 3.8) is 0 Å². The molecule has 2 N–H and O–H groups in total. The average Bonchev–Trinajstić information content (AvgIpc) is 2.76. The van der Waals surface area contributed by atoms with Crippen LogP contribution in [-0.4, -0.2) is 17.1 Å². The second kappa shape index (κ2) is 8.99. The van der Waals surface area contributed by atoms with Gasteiger partial charge in [0.05, 0.1) is 11.5 Å². The van der Waals surface area contributed by atoms with E-state index in [1.165, 1.54) is 11.6 Å². The summed E-state index contributed by atoms with van der Waals surface area (Å²) in [6.45, 7) is 0. The lowest BCUT2D eigenvalue weighted by molar-refractivity contribution is -0.137. The Morgan fingerprint density at radius 3 is 2.35 bits per heavy atom. The predicted molar refractivity (Wildman–Crippen MR) is 117 cm³/mol. The summed E-state index contributed by atoms with van der Waals surface area (Å²) in [7, 11) is 0. The number of hydrogen-bond donors (Lipinski definition) is 2. The van der Waals surface area contributed by atoms with Gasteiger partial charge >= 0.3 is 6.18 Å². The van der Waals surface area contributed by atoms with E-state index >= 15 is 0 Å². The Morgan fingerprint density at radius 2 is 1.68 bits per heavy atom. The lowest BCUT2D eigenvalue weighted by Crippen LogP contribution is -2.61. The van der Waals surface area contributed by atoms with Crippen LogP contribution in [0.4, 0.5) is 13.2 Å². The maximum Gasteiger partial charge on any atom is 0.416 e. The lowest BCUT2D eigenvalue weighted by Gasteiger charge is -2.41. The Labute approximate surface area is 185 Å². The Balaban J connectivity index is 1.49. The van der Waals surface area contributed by atoms with Gasteiger partial charge in [-0.1, -0.05) is 48.5 Å². The maximum atomic E-state index is 13.1. The summed E-state index contributed by atoms with van der Waals surface area (Å²) in [4.78, 5) is 12.8. The summed E-state index contributed by atoms with van der Waals surface area (Å²) in [6.07, 6.45) is -0.206. The number of thiocarbonyl (C=S) groups is 1. The summed E-state index contributed by atoms with van der Waals surface area (Å²) in [5, 5.41) is 6.23. The topological polar surface area (TPSA) is 41.1 Å². The van der Waals surface area contributed by atoms with Gasteiger partial charge in [-0.25, -0.2) is 0 Å². The minimum atomic E-state index is -4.40. The molecule has 2 atom stereocenters. The molecule has 2 unspecified atom stereocenters. The number of alkyl halides is 3. The molecular weight excluding hydrogens is 421 g/mol. The van der Waals surface area contributed by atoms with Crippen molar-refractivity contribution >= 4 is 23.2 Å². The molecule has 1 saturated carbocycles. The minimum Gasteiger partial charge on any atom is -0.359 e. The van der Waals surface area contributed by atoms with Crippen LogP contribution in [0.3, 0.4) is 0 Å². The van der Waals surface area contributed by atoms with Crippen LogP contribution in [0.1, 0.15) is 48.3 Å². The summed E-state index contributed by atoms with van der Waals surface area (Å²) in [5.74, 6) is 0.0771. The van der Waals surface area contributed by atoms with Crippen LogP contribution in [0.5, 0.6) is 0 Å². The molecule has 7 heteroatoms. The molecule has 2 aromatic carbocycles. The molecule has 1 saturated heterocycles. The van der Waals surface area contributed by atoms with Gasteiger partial charge < -0.3 is 10.6 Å². The fourth-order valence-corrected chi connectivity index (χ4v) is 5.22.